The Labute approximate surface area is 75.6 Å². The van der Waals surface area contributed by atoms with Crippen molar-refractivity contribution in [3.8, 4) is 0 Å². The van der Waals surface area contributed by atoms with E-state index >= 15 is 0 Å². The molecule has 62 valence electrons. The average Bonchev–Trinajstić information content (AvgIpc) is 2.28. The second-order valence-corrected chi connectivity index (χ2v) is 3.48. The third kappa shape index (κ3) is 1.03. The zero-order chi connectivity index (χ0) is 8.72. The van der Waals surface area contributed by atoms with E-state index in [1.807, 2.05) is 6.92 Å². The Kier molecular flexibility index (Phi) is 1.65. The molecule has 1 aromatic heterocycles. The molecular weight excluding hydrogens is 174 g/mol. The van der Waals surface area contributed by atoms with Gasteiger partial charge in [0.25, 0.3) is 0 Å². The summed E-state index contributed by atoms with van der Waals surface area (Å²) in [7, 11) is 0. The van der Waals surface area contributed by atoms with E-state index in [0.29, 0.717) is 5.15 Å². The number of hydrogen-bond donors (Lipinski definition) is 0. The van der Waals surface area contributed by atoms with Crippen LogP contribution in [0.25, 0.3) is 0 Å². The molecule has 0 fully saturated rings. The van der Waals surface area contributed by atoms with Crippen molar-refractivity contribution in [3.05, 3.63) is 28.5 Å². The molecule has 12 heavy (non-hydrogen) atoms. The van der Waals surface area contributed by atoms with E-state index in [1.54, 1.807) is 12.1 Å². The van der Waals surface area contributed by atoms with Crippen LogP contribution in [0, 0.1) is 5.92 Å². The van der Waals surface area contributed by atoms with Crippen LogP contribution >= 0.6 is 11.6 Å². The minimum Gasteiger partial charge on any atom is -0.294 e. The van der Waals surface area contributed by atoms with E-state index < -0.39 is 0 Å². The summed E-state index contributed by atoms with van der Waals surface area (Å²) in [5, 5.41) is 0.468. The molecule has 1 unspecified atom stereocenters. The van der Waals surface area contributed by atoms with Gasteiger partial charge in [0.05, 0.1) is 5.69 Å². The van der Waals surface area contributed by atoms with Gasteiger partial charge in [-0.2, -0.15) is 0 Å². The normalized spacial score (nSPS) is 21.2. The molecule has 1 aliphatic rings. The first-order valence-corrected chi connectivity index (χ1v) is 4.26. The second-order valence-electron chi connectivity index (χ2n) is 3.10. The van der Waals surface area contributed by atoms with Crippen molar-refractivity contribution >= 4 is 17.4 Å². The minimum atomic E-state index is 0.0750. The van der Waals surface area contributed by atoms with Crippen LogP contribution in [0.5, 0.6) is 0 Å². The van der Waals surface area contributed by atoms with Gasteiger partial charge >= 0.3 is 0 Å². The van der Waals surface area contributed by atoms with Crippen molar-refractivity contribution in [3.63, 3.8) is 0 Å². The van der Waals surface area contributed by atoms with Crippen LogP contribution < -0.4 is 0 Å². The third-order valence-electron chi connectivity index (χ3n) is 2.15. The molecule has 0 saturated carbocycles. The zero-order valence-electron chi connectivity index (χ0n) is 6.67. The summed E-state index contributed by atoms with van der Waals surface area (Å²) in [4.78, 5) is 15.5. The second kappa shape index (κ2) is 2.56. The molecule has 1 heterocycles. The van der Waals surface area contributed by atoms with E-state index in [2.05, 4.69) is 4.98 Å². The number of fused-ring (bicyclic) bond motifs is 1. The number of ketones is 1. The Hall–Kier alpha value is -0.890. The number of carbonyl (C=O) groups is 1. The summed E-state index contributed by atoms with van der Waals surface area (Å²) in [6, 6.07) is 3.42. The van der Waals surface area contributed by atoms with Crippen LogP contribution in [0.1, 0.15) is 23.0 Å². The summed E-state index contributed by atoms with van der Waals surface area (Å²) in [5.74, 6) is 0.264. The highest BCUT2D eigenvalue weighted by Gasteiger charge is 2.27. The molecule has 2 rings (SSSR count). The Morgan fingerprint density at radius 1 is 1.58 bits per heavy atom. The third-order valence-corrected chi connectivity index (χ3v) is 2.36. The number of nitrogens with zero attached hydrogens (tertiary/aromatic N) is 1. The van der Waals surface area contributed by atoms with Crippen molar-refractivity contribution in [2.24, 2.45) is 5.92 Å². The average molecular weight is 182 g/mol. The molecule has 1 aromatic rings. The summed E-state index contributed by atoms with van der Waals surface area (Å²) < 4.78 is 0. The molecule has 1 aliphatic carbocycles. The summed E-state index contributed by atoms with van der Waals surface area (Å²) in [5.41, 5.74) is 1.59. The minimum absolute atomic E-state index is 0.0750. The van der Waals surface area contributed by atoms with E-state index in [0.717, 1.165) is 17.7 Å². The number of aromatic nitrogens is 1. The molecule has 0 radical (unpaired) electrons. The fraction of sp³-hybridized carbons (Fsp3) is 0.333. The van der Waals surface area contributed by atoms with Gasteiger partial charge in [0.1, 0.15) is 5.15 Å². The SMILES string of the molecule is CC1Cc2nc(Cl)ccc2C1=O. The molecular formula is C9H8ClNO. The number of halogens is 1. The molecule has 0 bridgehead atoms. The highest BCUT2D eigenvalue weighted by molar-refractivity contribution is 6.29. The molecule has 0 aromatic carbocycles. The van der Waals surface area contributed by atoms with E-state index in [9.17, 15) is 4.79 Å². The maximum absolute atomic E-state index is 11.4. The fourth-order valence-electron chi connectivity index (χ4n) is 1.50. The standard InChI is InChI=1S/C9H8ClNO/c1-5-4-7-6(9(5)12)2-3-8(10)11-7/h2-3,5H,4H2,1H3. The summed E-state index contributed by atoms with van der Waals surface area (Å²) in [6.07, 6.45) is 0.731. The Balaban J connectivity index is 2.54. The molecule has 0 N–H and O–H groups in total. The predicted octanol–water partition coefficient (Wildman–Crippen LogP) is 2.11. The Bertz CT molecular complexity index is 348. The van der Waals surface area contributed by atoms with Crippen molar-refractivity contribution in [2.75, 3.05) is 0 Å². The highest BCUT2D eigenvalue weighted by Crippen LogP contribution is 2.25. The zero-order valence-corrected chi connectivity index (χ0v) is 7.43. The molecule has 1 atom stereocenters. The summed E-state index contributed by atoms with van der Waals surface area (Å²) in [6.45, 7) is 1.91. The maximum Gasteiger partial charge on any atom is 0.167 e. The fourth-order valence-corrected chi connectivity index (χ4v) is 1.67. The van der Waals surface area contributed by atoms with Crippen LogP contribution in [0.15, 0.2) is 12.1 Å². The lowest BCUT2D eigenvalue weighted by Gasteiger charge is -1.94. The van der Waals surface area contributed by atoms with Gasteiger partial charge < -0.3 is 0 Å². The topological polar surface area (TPSA) is 30.0 Å². The Morgan fingerprint density at radius 2 is 2.33 bits per heavy atom. The van der Waals surface area contributed by atoms with Gasteiger partial charge in [0.15, 0.2) is 5.78 Å². The molecule has 0 amide bonds. The van der Waals surface area contributed by atoms with Gasteiger partial charge in [0.2, 0.25) is 0 Å². The number of Topliss-reactive ketones (excluding diaryl/α,β-unsaturated/α-hetero) is 1. The predicted molar refractivity (Wildman–Crippen MR) is 46.4 cm³/mol. The monoisotopic (exact) mass is 181 g/mol. The lowest BCUT2D eigenvalue weighted by molar-refractivity contribution is 0.0946. The van der Waals surface area contributed by atoms with Gasteiger partial charge in [-0.25, -0.2) is 4.98 Å². The molecule has 0 aliphatic heterocycles. The van der Waals surface area contributed by atoms with Crippen molar-refractivity contribution < 1.29 is 4.79 Å². The van der Waals surface area contributed by atoms with Crippen LogP contribution in [0.3, 0.4) is 0 Å². The van der Waals surface area contributed by atoms with Crippen molar-refractivity contribution in [2.45, 2.75) is 13.3 Å². The van der Waals surface area contributed by atoms with Crippen LogP contribution in [0.2, 0.25) is 5.15 Å². The number of pyridine rings is 1. The lowest BCUT2D eigenvalue weighted by Crippen LogP contribution is -2.02. The quantitative estimate of drug-likeness (QED) is 0.574. The molecule has 2 nitrogen and oxygen atoms in total. The lowest BCUT2D eigenvalue weighted by atomic mass is 10.1. The highest BCUT2D eigenvalue weighted by atomic mass is 35.5. The molecule has 3 heteroatoms. The van der Waals surface area contributed by atoms with Crippen LogP contribution in [-0.4, -0.2) is 10.8 Å². The van der Waals surface area contributed by atoms with Gasteiger partial charge in [0, 0.05) is 17.9 Å². The first kappa shape index (κ1) is 7.74. The smallest absolute Gasteiger partial charge is 0.167 e. The van der Waals surface area contributed by atoms with E-state index in [4.69, 9.17) is 11.6 Å². The van der Waals surface area contributed by atoms with Crippen LogP contribution in [0.4, 0.5) is 0 Å². The number of carbonyl (C=O) groups excluding carboxylic acids is 1. The van der Waals surface area contributed by atoms with Crippen molar-refractivity contribution in [1.82, 2.24) is 4.98 Å². The van der Waals surface area contributed by atoms with Gasteiger partial charge in [-0.15, -0.1) is 0 Å². The van der Waals surface area contributed by atoms with Crippen LogP contribution in [-0.2, 0) is 6.42 Å². The number of hydrogen-bond acceptors (Lipinski definition) is 2. The van der Waals surface area contributed by atoms with Gasteiger partial charge in [-0.05, 0) is 12.1 Å². The largest absolute Gasteiger partial charge is 0.294 e. The van der Waals surface area contributed by atoms with Gasteiger partial charge in [-0.3, -0.25) is 4.79 Å². The van der Waals surface area contributed by atoms with E-state index in [1.165, 1.54) is 0 Å². The van der Waals surface area contributed by atoms with Gasteiger partial charge in [-0.1, -0.05) is 18.5 Å². The first-order valence-electron chi connectivity index (χ1n) is 3.88. The maximum atomic E-state index is 11.4. The summed E-state index contributed by atoms with van der Waals surface area (Å²) >= 11 is 5.70. The van der Waals surface area contributed by atoms with E-state index in [-0.39, 0.29) is 11.7 Å². The van der Waals surface area contributed by atoms with Crippen molar-refractivity contribution in [1.29, 1.82) is 0 Å². The number of rotatable bonds is 0. The molecule has 0 spiro atoms. The first-order chi connectivity index (χ1) is 5.68. The Morgan fingerprint density at radius 3 is 3.08 bits per heavy atom. The molecule has 0 saturated heterocycles.